The molecule has 0 aliphatic carbocycles. The smallest absolute Gasteiger partial charge is 0.296 e. The lowest BCUT2D eigenvalue weighted by Gasteiger charge is -2.23. The average Bonchev–Trinajstić information content (AvgIpc) is 3.65. The highest BCUT2D eigenvalue weighted by Crippen LogP contribution is 2.28. The predicted molar refractivity (Wildman–Crippen MR) is 150 cm³/mol. The summed E-state index contributed by atoms with van der Waals surface area (Å²) in [5, 5.41) is 12.0. The summed E-state index contributed by atoms with van der Waals surface area (Å²) in [7, 11) is 0. The van der Waals surface area contributed by atoms with Crippen LogP contribution in [0, 0.1) is 0 Å². The molecule has 5 heterocycles. The van der Waals surface area contributed by atoms with E-state index < -0.39 is 24.0 Å². The predicted octanol–water partition coefficient (Wildman–Crippen LogP) is 2.85. The van der Waals surface area contributed by atoms with E-state index in [1.807, 2.05) is 18.2 Å². The van der Waals surface area contributed by atoms with Gasteiger partial charge in [-0.25, -0.2) is 14.4 Å². The van der Waals surface area contributed by atoms with Crippen molar-refractivity contribution in [3.63, 3.8) is 0 Å². The van der Waals surface area contributed by atoms with E-state index in [4.69, 9.17) is 0 Å². The topological polar surface area (TPSA) is 125 Å². The third-order valence-corrected chi connectivity index (χ3v) is 7.37. The number of pyridine rings is 1. The molecule has 3 atom stereocenters. The molecule has 13 heteroatoms. The Bertz CT molecular complexity index is 1690. The number of carbonyl (C=O) groups is 3. The van der Waals surface area contributed by atoms with E-state index in [-0.39, 0.29) is 43.0 Å². The van der Waals surface area contributed by atoms with Gasteiger partial charge in [0.2, 0.25) is 18.0 Å². The van der Waals surface area contributed by atoms with Crippen molar-refractivity contribution in [2.75, 3.05) is 11.9 Å². The number of hydrogen-bond donors (Lipinski definition) is 1. The zero-order valence-corrected chi connectivity index (χ0v) is 22.8. The summed E-state index contributed by atoms with van der Waals surface area (Å²) in [5.41, 5.74) is 2.45. The molecule has 6 rings (SSSR count). The Morgan fingerprint density at radius 3 is 2.88 bits per heavy atom. The van der Waals surface area contributed by atoms with Crippen LogP contribution in [0.25, 0.3) is 16.5 Å². The fraction of sp³-hybridized carbons (Fsp3) is 0.259. The molecule has 3 aliphatic heterocycles. The summed E-state index contributed by atoms with van der Waals surface area (Å²) in [5.74, 6) is -0.977. The van der Waals surface area contributed by atoms with Crippen LogP contribution in [0.5, 0.6) is 0 Å². The first kappa shape index (κ1) is 25.9. The van der Waals surface area contributed by atoms with E-state index in [0.29, 0.717) is 15.5 Å². The summed E-state index contributed by atoms with van der Waals surface area (Å²) in [6, 6.07) is 9.50. The molecule has 0 radical (unpaired) electrons. The number of benzene rings is 1. The standard InChI is InChI=1S/C27H22BrFN8O3/c1-15(38)26-19-9-16(17-10-24-30-7-8-36(24)31-12-17)5-6-20(19)37(34-26)14-25(39)35-13-18(29)11-21(35)27(40)33-23-4-2-3-22(28)32-23/h2-10,12,18,21,24H,11,13-14H2,1H3/p+1/t18-,21+,24?/m1/s1. The SMILES string of the molecule is CC(=O)c1nn(CC(=O)N2C[C@H](F)C[C@H]2C(=O)Nc2cccc(Br)n2)c2ccc(C3=CC4N=CC=[N+]4N=C3)cc12. The fourth-order valence-electron chi connectivity index (χ4n) is 5.04. The number of ketones is 1. The molecule has 1 unspecified atom stereocenters. The van der Waals surface area contributed by atoms with Crippen molar-refractivity contribution < 1.29 is 23.5 Å². The Morgan fingerprint density at radius 2 is 2.08 bits per heavy atom. The number of rotatable bonds is 6. The van der Waals surface area contributed by atoms with Crippen LogP contribution in [0.4, 0.5) is 10.2 Å². The summed E-state index contributed by atoms with van der Waals surface area (Å²) < 4.78 is 18.1. The lowest BCUT2D eigenvalue weighted by molar-refractivity contribution is -0.549. The summed E-state index contributed by atoms with van der Waals surface area (Å²) in [6.07, 6.45) is 5.48. The van der Waals surface area contributed by atoms with Gasteiger partial charge in [0.05, 0.1) is 18.3 Å². The maximum atomic E-state index is 14.5. The molecule has 11 nitrogen and oxygen atoms in total. The summed E-state index contributed by atoms with van der Waals surface area (Å²) in [6.45, 7) is 0.936. The van der Waals surface area contributed by atoms with Crippen LogP contribution in [0.15, 0.2) is 57.2 Å². The number of Topliss-reactive ketones (excluding diaryl/α,β-unsaturated/α-hetero) is 1. The number of fused-ring (bicyclic) bond motifs is 2. The second kappa shape index (κ2) is 10.3. The highest BCUT2D eigenvalue weighted by molar-refractivity contribution is 9.10. The first-order chi connectivity index (χ1) is 19.3. The maximum absolute atomic E-state index is 14.5. The van der Waals surface area contributed by atoms with E-state index >= 15 is 0 Å². The lowest BCUT2D eigenvalue weighted by Crippen LogP contribution is -2.44. The normalized spacial score (nSPS) is 21.4. The Kier molecular flexibility index (Phi) is 6.66. The highest BCUT2D eigenvalue weighted by Gasteiger charge is 2.40. The second-order valence-corrected chi connectivity index (χ2v) is 10.4. The maximum Gasteiger partial charge on any atom is 0.296 e. The number of nitrogens with one attached hydrogen (secondary N) is 1. The number of hydrogen-bond acceptors (Lipinski definition) is 7. The third kappa shape index (κ3) is 4.88. The van der Waals surface area contributed by atoms with Crippen molar-refractivity contribution in [1.82, 2.24) is 19.7 Å². The molecule has 0 spiro atoms. The number of hydrazone groups is 1. The molecule has 3 aliphatic rings. The van der Waals surface area contributed by atoms with E-state index in [1.54, 1.807) is 47.6 Å². The molecule has 1 saturated heterocycles. The minimum absolute atomic E-state index is 0.121. The zero-order valence-electron chi connectivity index (χ0n) is 21.2. The molecule has 1 fully saturated rings. The van der Waals surface area contributed by atoms with Crippen molar-refractivity contribution >= 4 is 74.5 Å². The van der Waals surface area contributed by atoms with Gasteiger partial charge in [0.1, 0.15) is 41.1 Å². The van der Waals surface area contributed by atoms with Gasteiger partial charge in [-0.05, 0) is 50.9 Å². The number of carbonyl (C=O) groups excluding carboxylic acids is 3. The molecule has 0 saturated carbocycles. The van der Waals surface area contributed by atoms with Crippen molar-refractivity contribution in [3.8, 4) is 0 Å². The fourth-order valence-corrected chi connectivity index (χ4v) is 5.38. The van der Waals surface area contributed by atoms with Crippen molar-refractivity contribution in [3.05, 3.63) is 58.3 Å². The van der Waals surface area contributed by atoms with E-state index in [0.717, 1.165) is 11.1 Å². The largest absolute Gasteiger partial charge is 0.326 e. The minimum Gasteiger partial charge on any atom is -0.326 e. The van der Waals surface area contributed by atoms with Crippen LogP contribution < -0.4 is 5.32 Å². The van der Waals surface area contributed by atoms with Crippen LogP contribution in [0.3, 0.4) is 0 Å². The molecule has 2 aromatic heterocycles. The van der Waals surface area contributed by atoms with Gasteiger partial charge in [-0.15, -0.1) is 0 Å². The number of amides is 2. The Labute approximate surface area is 235 Å². The van der Waals surface area contributed by atoms with Crippen LogP contribution in [0.2, 0.25) is 0 Å². The van der Waals surface area contributed by atoms with Gasteiger partial charge >= 0.3 is 0 Å². The van der Waals surface area contributed by atoms with Crippen LogP contribution in [-0.4, -0.2) is 85.5 Å². The van der Waals surface area contributed by atoms with Crippen LogP contribution in [-0.2, 0) is 16.1 Å². The molecule has 40 heavy (non-hydrogen) atoms. The van der Waals surface area contributed by atoms with Crippen molar-refractivity contribution in [1.29, 1.82) is 0 Å². The highest BCUT2D eigenvalue weighted by atomic mass is 79.9. The number of aromatic nitrogens is 3. The Hall–Kier alpha value is -4.39. The van der Waals surface area contributed by atoms with Crippen LogP contribution >= 0.6 is 15.9 Å². The van der Waals surface area contributed by atoms with Gasteiger partial charge in [-0.3, -0.25) is 19.1 Å². The number of allylic oxidation sites excluding steroid dienone is 1. The average molecular weight is 606 g/mol. The van der Waals surface area contributed by atoms with Crippen LogP contribution in [0.1, 0.15) is 29.4 Å². The van der Waals surface area contributed by atoms with Gasteiger partial charge in [0.15, 0.2) is 5.78 Å². The van der Waals surface area contributed by atoms with E-state index in [9.17, 15) is 18.8 Å². The Balaban J connectivity index is 1.26. The minimum atomic E-state index is -1.34. The first-order valence-electron chi connectivity index (χ1n) is 12.6. The molecule has 3 aromatic rings. The molecule has 2 amide bonds. The molecule has 1 N–H and O–H groups in total. The van der Waals surface area contributed by atoms with E-state index in [1.165, 1.54) is 16.5 Å². The number of alkyl halides is 1. The van der Waals surface area contributed by atoms with Gasteiger partial charge in [0.25, 0.3) is 6.17 Å². The lowest BCUT2D eigenvalue weighted by atomic mass is 10.0. The zero-order chi connectivity index (χ0) is 28.0. The number of anilines is 1. The summed E-state index contributed by atoms with van der Waals surface area (Å²) in [4.78, 5) is 48.6. The number of halogens is 2. The van der Waals surface area contributed by atoms with Gasteiger partial charge < -0.3 is 10.2 Å². The third-order valence-electron chi connectivity index (χ3n) is 6.93. The van der Waals surface area contributed by atoms with Gasteiger partial charge in [0, 0.05) is 30.4 Å². The molecule has 0 bridgehead atoms. The first-order valence-corrected chi connectivity index (χ1v) is 13.4. The molecule has 1 aromatic carbocycles. The molecule has 202 valence electrons. The van der Waals surface area contributed by atoms with Gasteiger partial charge in [-0.1, -0.05) is 16.8 Å². The van der Waals surface area contributed by atoms with Crippen molar-refractivity contribution in [2.24, 2.45) is 10.1 Å². The van der Waals surface area contributed by atoms with Gasteiger partial charge in [-0.2, -0.15) is 5.10 Å². The molecular weight excluding hydrogens is 583 g/mol. The number of aliphatic imine (C=N–C) groups is 1. The quantitative estimate of drug-likeness (QED) is 0.263. The second-order valence-electron chi connectivity index (χ2n) is 9.63. The number of nitrogens with zero attached hydrogens (tertiary/aromatic N) is 7. The monoisotopic (exact) mass is 605 g/mol. The van der Waals surface area contributed by atoms with Crippen molar-refractivity contribution in [2.45, 2.75) is 38.3 Å². The Morgan fingerprint density at radius 1 is 1.23 bits per heavy atom. The molecular formula is C27H23BrFN8O3+. The summed E-state index contributed by atoms with van der Waals surface area (Å²) >= 11 is 3.25. The number of likely N-dealkylation sites (tertiary alicyclic amines) is 1. The van der Waals surface area contributed by atoms with E-state index in [2.05, 4.69) is 41.4 Å².